The third-order valence-electron chi connectivity index (χ3n) is 2.72. The van der Waals surface area contributed by atoms with Crippen LogP contribution < -0.4 is 5.32 Å². The highest BCUT2D eigenvalue weighted by Crippen LogP contribution is 2.22. The molecule has 1 atom stereocenters. The van der Waals surface area contributed by atoms with E-state index in [0.717, 1.165) is 20.6 Å². The summed E-state index contributed by atoms with van der Waals surface area (Å²) in [5.41, 5.74) is 0.537. The number of pyridine rings is 1. The Labute approximate surface area is 130 Å². The van der Waals surface area contributed by atoms with Gasteiger partial charge in [0.25, 0.3) is 5.91 Å². The van der Waals surface area contributed by atoms with Gasteiger partial charge in [-0.3, -0.25) is 9.78 Å². The van der Waals surface area contributed by atoms with Crippen molar-refractivity contribution in [1.82, 2.24) is 10.3 Å². The fourth-order valence-electron chi connectivity index (χ4n) is 1.69. The molecule has 2 N–H and O–H groups in total. The van der Waals surface area contributed by atoms with E-state index in [9.17, 15) is 9.90 Å². The van der Waals surface area contributed by atoms with Gasteiger partial charge in [0, 0.05) is 33.2 Å². The van der Waals surface area contributed by atoms with Crippen LogP contribution in [0.1, 0.15) is 33.1 Å². The summed E-state index contributed by atoms with van der Waals surface area (Å²) in [5.74, 6) is -0.133. The summed E-state index contributed by atoms with van der Waals surface area (Å²) in [4.78, 5) is 17.9. The SMILES string of the molecule is CC(O)c1ccc(CCNC(=O)c2cncc(Br)c2)s1. The van der Waals surface area contributed by atoms with Gasteiger partial charge in [0.1, 0.15) is 0 Å². The van der Waals surface area contributed by atoms with Crippen LogP contribution in [0.25, 0.3) is 0 Å². The molecule has 106 valence electrons. The van der Waals surface area contributed by atoms with E-state index in [2.05, 4.69) is 26.2 Å². The molecular formula is C14H15BrN2O2S. The van der Waals surface area contributed by atoms with Crippen molar-refractivity contribution in [3.63, 3.8) is 0 Å². The lowest BCUT2D eigenvalue weighted by Crippen LogP contribution is -2.25. The Kier molecular flexibility index (Phi) is 5.28. The van der Waals surface area contributed by atoms with Crippen molar-refractivity contribution in [2.75, 3.05) is 6.54 Å². The molecule has 6 heteroatoms. The first-order valence-electron chi connectivity index (χ1n) is 6.21. The van der Waals surface area contributed by atoms with Gasteiger partial charge in [0.15, 0.2) is 0 Å². The molecule has 0 saturated heterocycles. The van der Waals surface area contributed by atoms with Crippen LogP contribution in [-0.2, 0) is 6.42 Å². The minimum atomic E-state index is -0.434. The lowest BCUT2D eigenvalue weighted by Gasteiger charge is -2.04. The van der Waals surface area contributed by atoms with Crippen LogP contribution in [-0.4, -0.2) is 22.5 Å². The Morgan fingerprint density at radius 2 is 2.30 bits per heavy atom. The molecule has 0 saturated carbocycles. The van der Waals surface area contributed by atoms with E-state index in [1.54, 1.807) is 30.5 Å². The van der Waals surface area contributed by atoms with Gasteiger partial charge in [-0.1, -0.05) is 0 Å². The number of aromatic nitrogens is 1. The van der Waals surface area contributed by atoms with Gasteiger partial charge in [-0.25, -0.2) is 0 Å². The van der Waals surface area contributed by atoms with Gasteiger partial charge in [0.2, 0.25) is 0 Å². The predicted octanol–water partition coefficient (Wildman–Crippen LogP) is 2.93. The van der Waals surface area contributed by atoms with E-state index in [4.69, 9.17) is 0 Å². The molecule has 1 unspecified atom stereocenters. The Morgan fingerprint density at radius 1 is 1.50 bits per heavy atom. The zero-order valence-corrected chi connectivity index (χ0v) is 13.4. The Hall–Kier alpha value is -1.24. The zero-order chi connectivity index (χ0) is 14.5. The average Bonchev–Trinajstić information content (AvgIpc) is 2.87. The van der Waals surface area contributed by atoms with Crippen LogP contribution in [0.2, 0.25) is 0 Å². The average molecular weight is 355 g/mol. The van der Waals surface area contributed by atoms with E-state index in [0.29, 0.717) is 12.1 Å². The molecule has 0 aliphatic rings. The molecule has 0 spiro atoms. The second-order valence-electron chi connectivity index (χ2n) is 4.38. The summed E-state index contributed by atoms with van der Waals surface area (Å²) in [6, 6.07) is 5.64. The molecule has 0 aliphatic heterocycles. The number of nitrogens with zero attached hydrogens (tertiary/aromatic N) is 1. The van der Waals surface area contributed by atoms with Crippen molar-refractivity contribution in [3.05, 3.63) is 50.4 Å². The van der Waals surface area contributed by atoms with E-state index >= 15 is 0 Å². The van der Waals surface area contributed by atoms with Gasteiger partial charge >= 0.3 is 0 Å². The first kappa shape index (κ1) is 15.2. The molecule has 0 aromatic carbocycles. The van der Waals surface area contributed by atoms with Crippen molar-refractivity contribution in [2.24, 2.45) is 0 Å². The highest BCUT2D eigenvalue weighted by Gasteiger charge is 2.08. The number of carbonyl (C=O) groups is 1. The zero-order valence-electron chi connectivity index (χ0n) is 11.0. The number of aliphatic hydroxyl groups excluding tert-OH is 1. The summed E-state index contributed by atoms with van der Waals surface area (Å²) in [6.45, 7) is 2.31. The highest BCUT2D eigenvalue weighted by molar-refractivity contribution is 9.10. The third kappa shape index (κ3) is 4.13. The van der Waals surface area contributed by atoms with Crippen molar-refractivity contribution in [3.8, 4) is 0 Å². The minimum Gasteiger partial charge on any atom is -0.388 e. The van der Waals surface area contributed by atoms with Crippen LogP contribution in [0.3, 0.4) is 0 Å². The number of hydrogen-bond acceptors (Lipinski definition) is 4. The summed E-state index contributed by atoms with van der Waals surface area (Å²) in [7, 11) is 0. The fourth-order valence-corrected chi connectivity index (χ4v) is 3.01. The standard InChI is InChI=1S/C14H15BrN2O2S/c1-9(18)13-3-2-12(20-13)4-5-17-14(19)10-6-11(15)8-16-7-10/h2-3,6-9,18H,4-5H2,1H3,(H,17,19). The number of hydrogen-bond donors (Lipinski definition) is 2. The molecule has 0 bridgehead atoms. The van der Waals surface area contributed by atoms with E-state index in [1.165, 1.54) is 6.20 Å². The molecule has 2 rings (SSSR count). The van der Waals surface area contributed by atoms with Crippen molar-refractivity contribution < 1.29 is 9.90 Å². The fraction of sp³-hybridized carbons (Fsp3) is 0.286. The number of thiophene rings is 1. The number of carbonyl (C=O) groups excluding carboxylic acids is 1. The molecule has 2 heterocycles. The van der Waals surface area contributed by atoms with Crippen molar-refractivity contribution in [1.29, 1.82) is 0 Å². The smallest absolute Gasteiger partial charge is 0.252 e. The number of rotatable bonds is 5. The van der Waals surface area contributed by atoms with Crippen LogP contribution >= 0.6 is 27.3 Å². The molecule has 0 aliphatic carbocycles. The van der Waals surface area contributed by atoms with Gasteiger partial charge in [-0.2, -0.15) is 0 Å². The normalized spacial score (nSPS) is 12.2. The van der Waals surface area contributed by atoms with Crippen molar-refractivity contribution in [2.45, 2.75) is 19.4 Å². The maximum Gasteiger partial charge on any atom is 0.252 e. The first-order valence-corrected chi connectivity index (χ1v) is 7.82. The predicted molar refractivity (Wildman–Crippen MR) is 82.9 cm³/mol. The number of aliphatic hydroxyl groups is 1. The number of amides is 1. The van der Waals surface area contributed by atoms with Crippen LogP contribution in [0.5, 0.6) is 0 Å². The maximum atomic E-state index is 11.9. The second kappa shape index (κ2) is 6.97. The summed E-state index contributed by atoms with van der Waals surface area (Å²) in [6.07, 6.45) is 3.50. The summed E-state index contributed by atoms with van der Waals surface area (Å²) in [5, 5.41) is 12.3. The van der Waals surface area contributed by atoms with Gasteiger partial charge in [-0.15, -0.1) is 11.3 Å². The molecule has 20 heavy (non-hydrogen) atoms. The highest BCUT2D eigenvalue weighted by atomic mass is 79.9. The molecule has 4 nitrogen and oxygen atoms in total. The number of nitrogens with one attached hydrogen (secondary N) is 1. The maximum absolute atomic E-state index is 11.9. The van der Waals surface area contributed by atoms with Gasteiger partial charge in [-0.05, 0) is 47.5 Å². The van der Waals surface area contributed by atoms with Crippen LogP contribution in [0.15, 0.2) is 35.1 Å². The third-order valence-corrected chi connectivity index (χ3v) is 4.47. The molecule has 0 radical (unpaired) electrons. The van der Waals surface area contributed by atoms with Crippen LogP contribution in [0.4, 0.5) is 0 Å². The van der Waals surface area contributed by atoms with Crippen molar-refractivity contribution >= 4 is 33.2 Å². The number of halogens is 1. The van der Waals surface area contributed by atoms with E-state index in [1.807, 2.05) is 12.1 Å². The Bertz CT molecular complexity index is 598. The molecule has 0 fully saturated rings. The monoisotopic (exact) mass is 354 g/mol. The molecule has 2 aromatic heterocycles. The quantitative estimate of drug-likeness (QED) is 0.867. The largest absolute Gasteiger partial charge is 0.388 e. The van der Waals surface area contributed by atoms with Gasteiger partial charge in [0.05, 0.1) is 11.7 Å². The Morgan fingerprint density at radius 3 is 2.95 bits per heavy atom. The lowest BCUT2D eigenvalue weighted by molar-refractivity contribution is 0.0953. The van der Waals surface area contributed by atoms with E-state index in [-0.39, 0.29) is 5.91 Å². The molecule has 2 aromatic rings. The lowest BCUT2D eigenvalue weighted by atomic mass is 10.2. The van der Waals surface area contributed by atoms with Crippen LogP contribution in [0, 0.1) is 0 Å². The minimum absolute atomic E-state index is 0.133. The topological polar surface area (TPSA) is 62.2 Å². The summed E-state index contributed by atoms with van der Waals surface area (Å²) >= 11 is 4.86. The van der Waals surface area contributed by atoms with Gasteiger partial charge < -0.3 is 10.4 Å². The second-order valence-corrected chi connectivity index (χ2v) is 6.49. The van der Waals surface area contributed by atoms with E-state index < -0.39 is 6.10 Å². The first-order chi connectivity index (χ1) is 9.56. The molecular weight excluding hydrogens is 340 g/mol. The Balaban J connectivity index is 1.84. The molecule has 1 amide bonds. The summed E-state index contributed by atoms with van der Waals surface area (Å²) < 4.78 is 0.782.